The number of aliphatic carboxylic acids is 2. The molecule has 0 aromatic heterocycles. The highest BCUT2D eigenvalue weighted by Crippen LogP contribution is 1.82. The molecule has 0 aromatic rings. The number of carboxylic acid groups (broad SMARTS) is 2. The van der Waals surface area contributed by atoms with E-state index in [1.807, 2.05) is 0 Å². The number of carbonyl (C=O) groups is 2. The van der Waals surface area contributed by atoms with Gasteiger partial charge in [0.25, 0.3) is 0 Å². The van der Waals surface area contributed by atoms with Gasteiger partial charge in [-0.2, -0.15) is 10.5 Å². The SMILES string of the molecule is C=C(C#N)C(=O)O.C=C(C#N)C(=O)O.OCO. The number of aliphatic hydroxyl groups excluding tert-OH is 1. The molecule has 0 atom stereocenters. The molecular formula is C9H10N2O6. The third kappa shape index (κ3) is 19.7. The van der Waals surface area contributed by atoms with Crippen LogP contribution in [0.5, 0.6) is 0 Å². The molecule has 0 saturated carbocycles. The van der Waals surface area contributed by atoms with E-state index >= 15 is 0 Å². The summed E-state index contributed by atoms with van der Waals surface area (Å²) in [5, 5.41) is 45.5. The van der Waals surface area contributed by atoms with Gasteiger partial charge in [0.2, 0.25) is 0 Å². The summed E-state index contributed by atoms with van der Waals surface area (Å²) in [5.74, 6) is -2.52. The van der Waals surface area contributed by atoms with Crippen LogP contribution in [0.25, 0.3) is 0 Å². The Morgan fingerprint density at radius 3 is 1.12 bits per heavy atom. The van der Waals surface area contributed by atoms with E-state index in [1.165, 1.54) is 12.1 Å². The lowest BCUT2D eigenvalue weighted by molar-refractivity contribution is -0.133. The number of nitriles is 2. The molecule has 0 saturated heterocycles. The lowest BCUT2D eigenvalue weighted by atomic mass is 10.4. The summed E-state index contributed by atoms with van der Waals surface area (Å²) in [6.45, 7) is 5.07. The molecule has 0 rings (SSSR count). The highest BCUT2D eigenvalue weighted by molar-refractivity contribution is 5.90. The van der Waals surface area contributed by atoms with Crippen LogP contribution >= 0.6 is 0 Å². The Morgan fingerprint density at radius 1 is 0.941 bits per heavy atom. The predicted octanol–water partition coefficient (Wildman–Crippen LogP) is -0.770. The van der Waals surface area contributed by atoms with Crippen molar-refractivity contribution in [3.63, 3.8) is 0 Å². The van der Waals surface area contributed by atoms with Crippen molar-refractivity contribution in [2.75, 3.05) is 6.79 Å². The van der Waals surface area contributed by atoms with Gasteiger partial charge in [-0.05, 0) is 0 Å². The predicted molar refractivity (Wildman–Crippen MR) is 54.1 cm³/mol. The fourth-order valence-electron chi connectivity index (χ4n) is 0.0956. The number of aliphatic hydroxyl groups is 2. The smallest absolute Gasteiger partial charge is 0.345 e. The van der Waals surface area contributed by atoms with Gasteiger partial charge in [-0.3, -0.25) is 0 Å². The fourth-order valence-corrected chi connectivity index (χ4v) is 0.0956. The number of carboxylic acids is 2. The maximum atomic E-state index is 9.61. The van der Waals surface area contributed by atoms with E-state index in [9.17, 15) is 9.59 Å². The minimum absolute atomic E-state index is 0.431. The van der Waals surface area contributed by atoms with Gasteiger partial charge >= 0.3 is 11.9 Å². The summed E-state index contributed by atoms with van der Waals surface area (Å²) in [6.07, 6.45) is 0. The van der Waals surface area contributed by atoms with Crippen LogP contribution in [0.1, 0.15) is 0 Å². The van der Waals surface area contributed by atoms with Gasteiger partial charge in [-0.25, -0.2) is 9.59 Å². The largest absolute Gasteiger partial charge is 0.477 e. The first-order valence-corrected chi connectivity index (χ1v) is 3.64. The Labute approximate surface area is 96.6 Å². The van der Waals surface area contributed by atoms with Crippen LogP contribution in [0.3, 0.4) is 0 Å². The molecule has 0 radical (unpaired) electrons. The van der Waals surface area contributed by atoms with Crippen molar-refractivity contribution in [2.24, 2.45) is 0 Å². The zero-order chi connectivity index (χ0) is 14.4. The van der Waals surface area contributed by atoms with E-state index in [1.54, 1.807) is 0 Å². The molecule has 0 unspecified atom stereocenters. The van der Waals surface area contributed by atoms with E-state index in [-0.39, 0.29) is 0 Å². The van der Waals surface area contributed by atoms with Crippen molar-refractivity contribution < 1.29 is 30.0 Å². The zero-order valence-corrected chi connectivity index (χ0v) is 8.62. The highest BCUT2D eigenvalue weighted by Gasteiger charge is 1.98. The van der Waals surface area contributed by atoms with Crippen molar-refractivity contribution in [3.05, 3.63) is 24.3 Å². The Balaban J connectivity index is -0.000000188. The minimum atomic E-state index is -1.26. The summed E-state index contributed by atoms with van der Waals surface area (Å²) in [5.41, 5.74) is -0.861. The number of hydrogen-bond acceptors (Lipinski definition) is 6. The molecule has 0 aliphatic carbocycles. The maximum absolute atomic E-state index is 9.61. The van der Waals surface area contributed by atoms with Gasteiger partial charge in [0.05, 0.1) is 0 Å². The average Bonchev–Trinajstić information content (AvgIpc) is 2.28. The summed E-state index contributed by atoms with van der Waals surface area (Å²) < 4.78 is 0. The standard InChI is InChI=1S/2C4H3NO2.CH4O2/c2*1-3(2-5)4(6)7;2-1-3/h2*1H2,(H,6,7);2-3H,1H2. The quantitative estimate of drug-likeness (QED) is 0.278. The molecule has 0 fully saturated rings. The van der Waals surface area contributed by atoms with Crippen molar-refractivity contribution in [1.29, 1.82) is 10.5 Å². The topological polar surface area (TPSA) is 163 Å². The molecule has 8 nitrogen and oxygen atoms in total. The van der Waals surface area contributed by atoms with Gasteiger partial charge in [0, 0.05) is 0 Å². The van der Waals surface area contributed by atoms with E-state index in [2.05, 4.69) is 13.2 Å². The molecule has 0 spiro atoms. The normalized spacial score (nSPS) is 6.59. The Hall–Kier alpha value is -2.68. The summed E-state index contributed by atoms with van der Waals surface area (Å²) >= 11 is 0. The second kappa shape index (κ2) is 13.3. The first-order valence-electron chi connectivity index (χ1n) is 3.64. The van der Waals surface area contributed by atoms with Crippen LogP contribution in [0.15, 0.2) is 24.3 Å². The third-order valence-corrected chi connectivity index (χ3v) is 0.786. The van der Waals surface area contributed by atoms with E-state index in [0.717, 1.165) is 0 Å². The van der Waals surface area contributed by atoms with Crippen LogP contribution in [-0.2, 0) is 9.59 Å². The molecule has 0 amide bonds. The van der Waals surface area contributed by atoms with Gasteiger partial charge in [0.1, 0.15) is 30.1 Å². The summed E-state index contributed by atoms with van der Waals surface area (Å²) in [4.78, 5) is 19.2. The molecular weight excluding hydrogens is 232 g/mol. The van der Waals surface area contributed by atoms with Gasteiger partial charge in [-0.15, -0.1) is 0 Å². The number of hydrogen-bond donors (Lipinski definition) is 4. The lowest BCUT2D eigenvalue weighted by Crippen LogP contribution is -1.94. The van der Waals surface area contributed by atoms with Gasteiger partial charge in [0.15, 0.2) is 0 Å². The van der Waals surface area contributed by atoms with E-state index in [0.29, 0.717) is 0 Å². The molecule has 8 heteroatoms. The van der Waals surface area contributed by atoms with E-state index < -0.39 is 29.9 Å². The van der Waals surface area contributed by atoms with Crippen LogP contribution < -0.4 is 0 Å². The third-order valence-electron chi connectivity index (χ3n) is 0.786. The van der Waals surface area contributed by atoms with Crippen molar-refractivity contribution in [1.82, 2.24) is 0 Å². The van der Waals surface area contributed by atoms with Crippen LogP contribution in [0.4, 0.5) is 0 Å². The Bertz CT molecular complexity index is 338. The fraction of sp³-hybridized carbons (Fsp3) is 0.111. The van der Waals surface area contributed by atoms with Crippen molar-refractivity contribution >= 4 is 11.9 Å². The van der Waals surface area contributed by atoms with Gasteiger partial charge < -0.3 is 20.4 Å². The van der Waals surface area contributed by atoms with Crippen LogP contribution in [-0.4, -0.2) is 39.2 Å². The second-order valence-corrected chi connectivity index (χ2v) is 1.93. The molecule has 0 aliphatic heterocycles. The molecule has 17 heavy (non-hydrogen) atoms. The van der Waals surface area contributed by atoms with E-state index in [4.69, 9.17) is 30.9 Å². The maximum Gasteiger partial charge on any atom is 0.345 e. The first-order chi connectivity index (χ1) is 7.78. The molecule has 0 aliphatic rings. The minimum Gasteiger partial charge on any atom is -0.477 e. The Kier molecular flexibility index (Phi) is 15.5. The van der Waals surface area contributed by atoms with Gasteiger partial charge in [-0.1, -0.05) is 13.2 Å². The summed E-state index contributed by atoms with van der Waals surface area (Å²) in [7, 11) is 0. The van der Waals surface area contributed by atoms with Crippen LogP contribution in [0, 0.1) is 22.7 Å². The lowest BCUT2D eigenvalue weighted by Gasteiger charge is -1.76. The van der Waals surface area contributed by atoms with Crippen molar-refractivity contribution in [2.45, 2.75) is 0 Å². The molecule has 0 bridgehead atoms. The highest BCUT2D eigenvalue weighted by atomic mass is 16.5. The van der Waals surface area contributed by atoms with Crippen molar-refractivity contribution in [3.8, 4) is 12.1 Å². The zero-order valence-electron chi connectivity index (χ0n) is 8.62. The Morgan fingerprint density at radius 2 is 1.12 bits per heavy atom. The molecule has 92 valence electrons. The molecule has 0 aromatic carbocycles. The number of rotatable bonds is 2. The van der Waals surface area contributed by atoms with Crippen LogP contribution in [0.2, 0.25) is 0 Å². The average molecular weight is 242 g/mol. The first kappa shape index (κ1) is 19.8. The molecule has 4 N–H and O–H groups in total. The number of nitrogens with zero attached hydrogens (tertiary/aromatic N) is 2. The second-order valence-electron chi connectivity index (χ2n) is 1.93. The summed E-state index contributed by atoms with van der Waals surface area (Å²) in [6, 6.07) is 2.74. The monoisotopic (exact) mass is 242 g/mol. The molecule has 0 heterocycles.